The summed E-state index contributed by atoms with van der Waals surface area (Å²) in [5, 5.41) is 0. The van der Waals surface area contributed by atoms with E-state index in [1.165, 1.54) is 43.6 Å². The predicted molar refractivity (Wildman–Crippen MR) is 50.8 cm³/mol. The topological polar surface area (TPSA) is 26.0 Å². The zero-order valence-electron chi connectivity index (χ0n) is 7.01. The first-order valence-electron chi connectivity index (χ1n) is 4.68. The standard InChI is InChI=1S/C9H17NS/c10-9(4-1-2-5-9)8-3-6-11-7-8/h8H,1-7,10H2. The van der Waals surface area contributed by atoms with Gasteiger partial charge >= 0.3 is 0 Å². The second-order valence-corrected chi connectivity index (χ2v) is 5.15. The fourth-order valence-electron chi connectivity index (χ4n) is 2.43. The van der Waals surface area contributed by atoms with Crippen LogP contribution in [0.15, 0.2) is 0 Å². The van der Waals surface area contributed by atoms with E-state index in [2.05, 4.69) is 11.8 Å². The molecule has 1 heterocycles. The number of hydrogen-bond donors (Lipinski definition) is 1. The fourth-order valence-corrected chi connectivity index (χ4v) is 3.83. The Hall–Kier alpha value is 0.310. The van der Waals surface area contributed by atoms with Gasteiger partial charge in [-0.05, 0) is 36.7 Å². The summed E-state index contributed by atoms with van der Waals surface area (Å²) in [4.78, 5) is 0. The average molecular weight is 171 g/mol. The molecule has 64 valence electrons. The molecule has 2 aliphatic rings. The van der Waals surface area contributed by atoms with Gasteiger partial charge in [0.25, 0.3) is 0 Å². The van der Waals surface area contributed by atoms with Gasteiger partial charge in [-0.1, -0.05) is 12.8 Å². The second-order valence-electron chi connectivity index (χ2n) is 4.00. The van der Waals surface area contributed by atoms with E-state index in [0.717, 1.165) is 5.92 Å². The van der Waals surface area contributed by atoms with Crippen LogP contribution >= 0.6 is 11.8 Å². The summed E-state index contributed by atoms with van der Waals surface area (Å²) in [7, 11) is 0. The second kappa shape index (κ2) is 2.98. The van der Waals surface area contributed by atoms with Gasteiger partial charge in [0.1, 0.15) is 0 Å². The van der Waals surface area contributed by atoms with Crippen LogP contribution in [0.25, 0.3) is 0 Å². The van der Waals surface area contributed by atoms with E-state index < -0.39 is 0 Å². The molecule has 1 saturated carbocycles. The molecular weight excluding hydrogens is 154 g/mol. The third kappa shape index (κ3) is 1.43. The summed E-state index contributed by atoms with van der Waals surface area (Å²) >= 11 is 2.09. The Labute approximate surface area is 73.1 Å². The average Bonchev–Trinajstić information content (AvgIpc) is 2.55. The van der Waals surface area contributed by atoms with Gasteiger partial charge < -0.3 is 5.73 Å². The highest BCUT2D eigenvalue weighted by Crippen LogP contribution is 2.40. The maximum atomic E-state index is 6.35. The Morgan fingerprint density at radius 1 is 1.27 bits per heavy atom. The third-order valence-electron chi connectivity index (χ3n) is 3.28. The first kappa shape index (κ1) is 7.93. The van der Waals surface area contributed by atoms with Gasteiger partial charge in [-0.25, -0.2) is 0 Å². The van der Waals surface area contributed by atoms with Crippen molar-refractivity contribution >= 4 is 11.8 Å². The van der Waals surface area contributed by atoms with Gasteiger partial charge in [0.15, 0.2) is 0 Å². The monoisotopic (exact) mass is 171 g/mol. The van der Waals surface area contributed by atoms with Crippen LogP contribution in [0.4, 0.5) is 0 Å². The van der Waals surface area contributed by atoms with Crippen molar-refractivity contribution in [1.29, 1.82) is 0 Å². The molecule has 0 spiro atoms. The van der Waals surface area contributed by atoms with Gasteiger partial charge in [0, 0.05) is 5.54 Å². The Morgan fingerprint density at radius 3 is 2.55 bits per heavy atom. The Bertz CT molecular complexity index is 134. The molecule has 2 N–H and O–H groups in total. The van der Waals surface area contributed by atoms with Crippen molar-refractivity contribution in [3.05, 3.63) is 0 Å². The molecule has 1 saturated heterocycles. The molecule has 11 heavy (non-hydrogen) atoms. The first-order chi connectivity index (χ1) is 5.31. The smallest absolute Gasteiger partial charge is 0.0191 e. The maximum absolute atomic E-state index is 6.35. The first-order valence-corrected chi connectivity index (χ1v) is 5.83. The van der Waals surface area contributed by atoms with Crippen molar-refractivity contribution in [2.24, 2.45) is 11.7 Å². The van der Waals surface area contributed by atoms with Gasteiger partial charge in [-0.15, -0.1) is 0 Å². The number of hydrogen-bond acceptors (Lipinski definition) is 2. The minimum atomic E-state index is 0.253. The van der Waals surface area contributed by atoms with Crippen molar-refractivity contribution in [2.45, 2.75) is 37.6 Å². The van der Waals surface area contributed by atoms with E-state index in [1.54, 1.807) is 0 Å². The summed E-state index contributed by atoms with van der Waals surface area (Å²) in [6, 6.07) is 0. The summed E-state index contributed by atoms with van der Waals surface area (Å²) < 4.78 is 0. The molecule has 1 unspecified atom stereocenters. The van der Waals surface area contributed by atoms with Crippen LogP contribution in [0.5, 0.6) is 0 Å². The zero-order valence-corrected chi connectivity index (χ0v) is 7.83. The molecule has 0 aromatic carbocycles. The van der Waals surface area contributed by atoms with E-state index in [0.29, 0.717) is 0 Å². The number of thioether (sulfide) groups is 1. The minimum absolute atomic E-state index is 0.253. The lowest BCUT2D eigenvalue weighted by Crippen LogP contribution is -2.44. The Balaban J connectivity index is 2.00. The molecule has 1 aliphatic heterocycles. The largest absolute Gasteiger partial charge is 0.325 e. The van der Waals surface area contributed by atoms with Crippen LogP contribution in [-0.4, -0.2) is 17.0 Å². The van der Waals surface area contributed by atoms with Crippen LogP contribution in [-0.2, 0) is 0 Å². The van der Waals surface area contributed by atoms with E-state index >= 15 is 0 Å². The minimum Gasteiger partial charge on any atom is -0.325 e. The fraction of sp³-hybridized carbons (Fsp3) is 1.00. The molecule has 0 bridgehead atoms. The van der Waals surface area contributed by atoms with Crippen molar-refractivity contribution in [2.75, 3.05) is 11.5 Å². The van der Waals surface area contributed by atoms with E-state index in [-0.39, 0.29) is 5.54 Å². The maximum Gasteiger partial charge on any atom is 0.0191 e. The molecule has 1 aliphatic carbocycles. The van der Waals surface area contributed by atoms with Crippen LogP contribution in [0.2, 0.25) is 0 Å². The molecular formula is C9H17NS. The SMILES string of the molecule is NC1(C2CCSC2)CCCC1. The lowest BCUT2D eigenvalue weighted by Gasteiger charge is -2.30. The number of nitrogens with two attached hydrogens (primary N) is 1. The van der Waals surface area contributed by atoms with Crippen LogP contribution < -0.4 is 5.73 Å². The highest BCUT2D eigenvalue weighted by Gasteiger charge is 2.38. The van der Waals surface area contributed by atoms with Gasteiger partial charge in [0.05, 0.1) is 0 Å². The van der Waals surface area contributed by atoms with Crippen LogP contribution in [0.3, 0.4) is 0 Å². The molecule has 1 atom stereocenters. The van der Waals surface area contributed by atoms with E-state index in [4.69, 9.17) is 5.73 Å². The summed E-state index contributed by atoms with van der Waals surface area (Å²) in [5.41, 5.74) is 6.60. The highest BCUT2D eigenvalue weighted by molar-refractivity contribution is 7.99. The van der Waals surface area contributed by atoms with Crippen molar-refractivity contribution in [3.8, 4) is 0 Å². The van der Waals surface area contributed by atoms with Gasteiger partial charge in [-0.2, -0.15) is 11.8 Å². The lowest BCUT2D eigenvalue weighted by atomic mass is 9.83. The summed E-state index contributed by atoms with van der Waals surface area (Å²) in [5.74, 6) is 3.52. The van der Waals surface area contributed by atoms with Crippen LogP contribution in [0.1, 0.15) is 32.1 Å². The molecule has 0 aromatic rings. The van der Waals surface area contributed by atoms with Crippen molar-refractivity contribution < 1.29 is 0 Å². The quantitative estimate of drug-likeness (QED) is 0.653. The summed E-state index contributed by atoms with van der Waals surface area (Å²) in [6.45, 7) is 0. The Morgan fingerprint density at radius 2 is 2.00 bits per heavy atom. The molecule has 2 rings (SSSR count). The number of rotatable bonds is 1. The van der Waals surface area contributed by atoms with Gasteiger partial charge in [-0.3, -0.25) is 0 Å². The summed E-state index contributed by atoms with van der Waals surface area (Å²) in [6.07, 6.45) is 6.70. The highest BCUT2D eigenvalue weighted by atomic mass is 32.2. The molecule has 0 aromatic heterocycles. The zero-order chi connectivity index (χ0) is 7.73. The predicted octanol–water partition coefficient (Wildman–Crippen LogP) is 2.01. The molecule has 0 radical (unpaired) electrons. The van der Waals surface area contributed by atoms with E-state index in [1.807, 2.05) is 0 Å². The van der Waals surface area contributed by atoms with Crippen molar-refractivity contribution in [1.82, 2.24) is 0 Å². The van der Waals surface area contributed by atoms with E-state index in [9.17, 15) is 0 Å². The normalized spacial score (nSPS) is 36.3. The third-order valence-corrected chi connectivity index (χ3v) is 4.44. The molecule has 0 amide bonds. The molecule has 1 nitrogen and oxygen atoms in total. The molecule has 2 heteroatoms. The van der Waals surface area contributed by atoms with Crippen LogP contribution in [0, 0.1) is 5.92 Å². The van der Waals surface area contributed by atoms with Gasteiger partial charge in [0.2, 0.25) is 0 Å². The molecule has 2 fully saturated rings. The van der Waals surface area contributed by atoms with Crippen molar-refractivity contribution in [3.63, 3.8) is 0 Å². The Kier molecular flexibility index (Phi) is 2.15. The lowest BCUT2D eigenvalue weighted by molar-refractivity contribution is 0.303.